The molecule has 5 rings (SSSR count). The number of aromatic nitrogens is 5. The van der Waals surface area contributed by atoms with Crippen LogP contribution < -0.4 is 5.73 Å². The van der Waals surface area contributed by atoms with Crippen LogP contribution in [-0.4, -0.2) is 36.0 Å². The summed E-state index contributed by atoms with van der Waals surface area (Å²) in [5.41, 5.74) is 7.39. The van der Waals surface area contributed by atoms with E-state index >= 15 is 0 Å². The topological polar surface area (TPSA) is 133 Å². The third kappa shape index (κ3) is 5.86. The number of anilines is 1. The Morgan fingerprint density at radius 1 is 1.11 bits per heavy atom. The van der Waals surface area contributed by atoms with E-state index in [9.17, 15) is 13.6 Å². The van der Waals surface area contributed by atoms with Gasteiger partial charge in [-0.25, -0.2) is 18.7 Å². The first-order chi connectivity index (χ1) is 16.9. The van der Waals surface area contributed by atoms with Crippen LogP contribution in [0.1, 0.15) is 37.7 Å². The number of halogens is 2. The van der Waals surface area contributed by atoms with Gasteiger partial charge in [-0.3, -0.25) is 9.48 Å². The van der Waals surface area contributed by atoms with Crippen molar-refractivity contribution in [2.24, 2.45) is 5.92 Å². The van der Waals surface area contributed by atoms with Gasteiger partial charge in [-0.1, -0.05) is 42.6 Å². The molecule has 1 fully saturated rings. The summed E-state index contributed by atoms with van der Waals surface area (Å²) in [6, 6.07) is 9.70. The Morgan fingerprint density at radius 2 is 1.89 bits per heavy atom. The van der Waals surface area contributed by atoms with Crippen LogP contribution in [0.15, 0.2) is 53.4 Å². The van der Waals surface area contributed by atoms with Gasteiger partial charge in [0, 0.05) is 11.6 Å². The third-order valence-corrected chi connectivity index (χ3v) is 5.71. The number of carbonyl (C=O) groups is 1. The molecule has 35 heavy (non-hydrogen) atoms. The van der Waals surface area contributed by atoms with Crippen molar-refractivity contribution in [3.63, 3.8) is 0 Å². The molecule has 0 aliphatic heterocycles. The molecule has 3 heterocycles. The predicted octanol–water partition coefficient (Wildman–Crippen LogP) is 4.56. The summed E-state index contributed by atoms with van der Waals surface area (Å²) < 4.78 is 33.8. The lowest BCUT2D eigenvalue weighted by Gasteiger charge is -2.16. The largest absolute Gasteiger partial charge is 0.481 e. The minimum atomic E-state index is -0.712. The highest BCUT2D eigenvalue weighted by Gasteiger charge is 2.19. The van der Waals surface area contributed by atoms with Gasteiger partial charge >= 0.3 is 5.97 Å². The highest BCUT2D eigenvalue weighted by atomic mass is 19.1. The van der Waals surface area contributed by atoms with Gasteiger partial charge in [-0.05, 0) is 25.0 Å². The molecule has 9 nitrogen and oxygen atoms in total. The van der Waals surface area contributed by atoms with Crippen molar-refractivity contribution in [3.05, 3.63) is 66.1 Å². The standard InChI is InChI=1S/C17H12F2N6O.C7H12O2/c18-11-4-2-1-3-10(11)9-25-15(13-5-6-26-24-13)7-14(23-25)17-21-8-12(19)16(20)22-17;8-7(9)6-4-2-1-3-5-6/h1-8H,9H2,(H2,20,21,22);6H,1-5H2,(H,8,9). The molecule has 1 aliphatic rings. The lowest BCUT2D eigenvalue weighted by Crippen LogP contribution is -2.16. The average Bonchev–Trinajstić information content (AvgIpc) is 3.53. The normalized spacial score (nSPS) is 13.8. The Hall–Kier alpha value is -4.15. The molecule has 0 unspecified atom stereocenters. The van der Waals surface area contributed by atoms with E-state index in [1.807, 2.05) is 0 Å². The Kier molecular flexibility index (Phi) is 7.44. The molecule has 182 valence electrons. The van der Waals surface area contributed by atoms with Crippen LogP contribution in [0.3, 0.4) is 0 Å². The highest BCUT2D eigenvalue weighted by molar-refractivity contribution is 5.70. The van der Waals surface area contributed by atoms with Gasteiger partial charge in [-0.2, -0.15) is 5.10 Å². The fourth-order valence-electron chi connectivity index (χ4n) is 3.84. The molecule has 0 radical (unpaired) electrons. The molecule has 0 spiro atoms. The lowest BCUT2D eigenvalue weighted by atomic mass is 9.90. The number of aliphatic carboxylic acids is 1. The highest BCUT2D eigenvalue weighted by Crippen LogP contribution is 2.25. The maximum absolute atomic E-state index is 14.0. The molecule has 3 aromatic heterocycles. The van der Waals surface area contributed by atoms with Gasteiger partial charge in [0.1, 0.15) is 23.5 Å². The number of hydrogen-bond acceptors (Lipinski definition) is 7. The van der Waals surface area contributed by atoms with Crippen LogP contribution in [0.2, 0.25) is 0 Å². The van der Waals surface area contributed by atoms with Gasteiger partial charge in [0.25, 0.3) is 0 Å². The molecule has 4 aromatic rings. The SMILES string of the molecule is Nc1nc(-c2cc(-c3ccon3)n(Cc3ccccc3F)n2)ncc1F.O=C(O)C1CCCCC1. The first-order valence-corrected chi connectivity index (χ1v) is 11.2. The summed E-state index contributed by atoms with van der Waals surface area (Å²) in [5, 5.41) is 16.8. The predicted molar refractivity (Wildman–Crippen MR) is 123 cm³/mol. The fourth-order valence-corrected chi connectivity index (χ4v) is 3.84. The third-order valence-electron chi connectivity index (χ3n) is 5.71. The summed E-state index contributed by atoms with van der Waals surface area (Å²) in [6.45, 7) is 0.158. The second-order valence-electron chi connectivity index (χ2n) is 8.15. The molecule has 0 saturated heterocycles. The molecule has 1 aromatic carbocycles. The van der Waals surface area contributed by atoms with Crippen molar-refractivity contribution in [1.82, 2.24) is 24.9 Å². The van der Waals surface area contributed by atoms with Crippen LogP contribution >= 0.6 is 0 Å². The fraction of sp³-hybridized carbons (Fsp3) is 0.292. The first-order valence-electron chi connectivity index (χ1n) is 11.2. The van der Waals surface area contributed by atoms with Crippen LogP contribution in [0, 0.1) is 17.6 Å². The van der Waals surface area contributed by atoms with Crippen molar-refractivity contribution in [2.45, 2.75) is 38.6 Å². The number of nitrogens with two attached hydrogens (primary N) is 1. The molecule has 0 amide bonds. The molecule has 0 bridgehead atoms. The molecular weight excluding hydrogens is 458 g/mol. The van der Waals surface area contributed by atoms with Crippen LogP contribution in [0.25, 0.3) is 22.9 Å². The maximum Gasteiger partial charge on any atom is 0.306 e. The summed E-state index contributed by atoms with van der Waals surface area (Å²) in [5.74, 6) is -1.81. The van der Waals surface area contributed by atoms with Gasteiger partial charge < -0.3 is 15.4 Å². The number of nitrogens with zero attached hydrogens (tertiary/aromatic N) is 5. The first kappa shape index (κ1) is 24.0. The Bertz CT molecular complexity index is 1290. The van der Waals surface area contributed by atoms with Crippen molar-refractivity contribution in [1.29, 1.82) is 0 Å². The molecule has 0 atom stereocenters. The van der Waals surface area contributed by atoms with Crippen LogP contribution in [-0.2, 0) is 11.3 Å². The molecule has 1 aliphatic carbocycles. The smallest absolute Gasteiger partial charge is 0.306 e. The van der Waals surface area contributed by atoms with Gasteiger partial charge in [0.05, 0.1) is 24.4 Å². The second kappa shape index (κ2) is 10.9. The Labute approximate surface area is 199 Å². The Balaban J connectivity index is 0.000000271. The quantitative estimate of drug-likeness (QED) is 0.423. The lowest BCUT2D eigenvalue weighted by molar-refractivity contribution is -0.142. The molecule has 1 saturated carbocycles. The number of hydrogen-bond donors (Lipinski definition) is 2. The zero-order valence-corrected chi connectivity index (χ0v) is 18.8. The minimum absolute atomic E-state index is 0.0289. The van der Waals surface area contributed by atoms with Crippen molar-refractivity contribution in [2.75, 3.05) is 5.73 Å². The van der Waals surface area contributed by atoms with E-state index in [1.54, 1.807) is 35.0 Å². The van der Waals surface area contributed by atoms with Gasteiger partial charge in [0.2, 0.25) is 0 Å². The van der Waals surface area contributed by atoms with Crippen molar-refractivity contribution >= 4 is 11.8 Å². The van der Waals surface area contributed by atoms with E-state index in [4.69, 9.17) is 15.4 Å². The Morgan fingerprint density at radius 3 is 2.51 bits per heavy atom. The maximum atomic E-state index is 14.0. The van der Waals surface area contributed by atoms with E-state index < -0.39 is 11.8 Å². The molecule has 3 N–H and O–H groups in total. The summed E-state index contributed by atoms with van der Waals surface area (Å²) in [4.78, 5) is 18.2. The number of carboxylic acids is 1. The molecule has 11 heteroatoms. The summed E-state index contributed by atoms with van der Waals surface area (Å²) >= 11 is 0. The summed E-state index contributed by atoms with van der Waals surface area (Å²) in [6.07, 6.45) is 7.63. The number of benzene rings is 1. The van der Waals surface area contributed by atoms with E-state index in [1.165, 1.54) is 18.8 Å². The van der Waals surface area contributed by atoms with E-state index in [2.05, 4.69) is 20.2 Å². The van der Waals surface area contributed by atoms with E-state index in [-0.39, 0.29) is 29.9 Å². The van der Waals surface area contributed by atoms with Crippen LogP contribution in [0.4, 0.5) is 14.6 Å². The van der Waals surface area contributed by atoms with E-state index in [0.29, 0.717) is 22.6 Å². The summed E-state index contributed by atoms with van der Waals surface area (Å²) in [7, 11) is 0. The number of rotatable bonds is 5. The van der Waals surface area contributed by atoms with Gasteiger partial charge in [-0.15, -0.1) is 0 Å². The monoisotopic (exact) mass is 482 g/mol. The van der Waals surface area contributed by atoms with E-state index in [0.717, 1.165) is 31.9 Å². The molecular formula is C24H24F2N6O3. The zero-order valence-electron chi connectivity index (χ0n) is 18.8. The van der Waals surface area contributed by atoms with Crippen LogP contribution in [0.5, 0.6) is 0 Å². The number of nitrogen functional groups attached to an aromatic ring is 1. The van der Waals surface area contributed by atoms with Crippen molar-refractivity contribution in [3.8, 4) is 22.9 Å². The minimum Gasteiger partial charge on any atom is -0.481 e. The second-order valence-corrected chi connectivity index (χ2v) is 8.15. The zero-order chi connectivity index (χ0) is 24.8. The average molecular weight is 482 g/mol. The van der Waals surface area contributed by atoms with Gasteiger partial charge in [0.15, 0.2) is 17.5 Å². The van der Waals surface area contributed by atoms with Crippen molar-refractivity contribution < 1.29 is 23.2 Å². The number of carboxylic acid groups (broad SMARTS) is 1.